The van der Waals surface area contributed by atoms with Crippen LogP contribution in [-0.2, 0) is 14.2 Å². The van der Waals surface area contributed by atoms with E-state index in [9.17, 15) is 0 Å². The number of allylic oxidation sites excluding steroid dienone is 4. The van der Waals surface area contributed by atoms with Crippen LogP contribution >= 0.6 is 0 Å². The maximum atomic E-state index is 5.55. The van der Waals surface area contributed by atoms with Gasteiger partial charge in [-0.3, -0.25) is 0 Å². The largest absolute Gasteiger partial charge is 0.378 e. The Bertz CT molecular complexity index is 394. The van der Waals surface area contributed by atoms with Crippen molar-refractivity contribution in [2.75, 3.05) is 65.8 Å². The highest BCUT2D eigenvalue weighted by molar-refractivity contribution is 4.95. The molecular weight excluding hydrogens is 316 g/mol. The van der Waals surface area contributed by atoms with Crippen molar-refractivity contribution in [2.45, 2.75) is 12.8 Å². The molecular formula is C20H32N2O3. The fourth-order valence-corrected chi connectivity index (χ4v) is 2.56. The Morgan fingerprint density at radius 1 is 0.600 bits per heavy atom. The minimum atomic E-state index is 0.666. The third-order valence-electron chi connectivity index (χ3n) is 4.03. The van der Waals surface area contributed by atoms with Crippen molar-refractivity contribution in [1.82, 2.24) is 9.80 Å². The van der Waals surface area contributed by atoms with Crippen LogP contribution in [0.15, 0.2) is 48.9 Å². The molecule has 0 unspecified atom stereocenters. The lowest BCUT2D eigenvalue weighted by Gasteiger charge is -2.24. The highest BCUT2D eigenvalue weighted by Crippen LogP contribution is 1.99. The Balaban J connectivity index is 1.40. The van der Waals surface area contributed by atoms with Crippen LogP contribution in [0.5, 0.6) is 0 Å². The second kappa shape index (κ2) is 13.7. The van der Waals surface area contributed by atoms with Crippen molar-refractivity contribution in [2.24, 2.45) is 0 Å². The van der Waals surface area contributed by atoms with E-state index in [-0.39, 0.29) is 0 Å². The van der Waals surface area contributed by atoms with Gasteiger partial charge in [-0.2, -0.15) is 0 Å². The second-order valence-corrected chi connectivity index (χ2v) is 6.02. The lowest BCUT2D eigenvalue weighted by molar-refractivity contribution is 0.0592. The van der Waals surface area contributed by atoms with Crippen LogP contribution in [0.3, 0.4) is 0 Å². The van der Waals surface area contributed by atoms with Gasteiger partial charge in [0.25, 0.3) is 0 Å². The summed E-state index contributed by atoms with van der Waals surface area (Å²) in [6.45, 7) is 8.67. The second-order valence-electron chi connectivity index (χ2n) is 6.02. The summed E-state index contributed by atoms with van der Waals surface area (Å²) in [4.78, 5) is 4.60. The summed E-state index contributed by atoms with van der Waals surface area (Å²) < 4.78 is 16.2. The van der Waals surface area contributed by atoms with Crippen LogP contribution in [0.1, 0.15) is 12.8 Å². The summed E-state index contributed by atoms with van der Waals surface area (Å²) in [6, 6.07) is 0. The van der Waals surface area contributed by atoms with Crippen LogP contribution in [0, 0.1) is 0 Å². The molecule has 2 heterocycles. The molecule has 0 aromatic heterocycles. The van der Waals surface area contributed by atoms with Gasteiger partial charge in [-0.05, 0) is 25.2 Å². The van der Waals surface area contributed by atoms with Crippen molar-refractivity contribution in [3.8, 4) is 0 Å². The summed E-state index contributed by atoms with van der Waals surface area (Å²) in [5, 5.41) is 0. The zero-order valence-electron chi connectivity index (χ0n) is 15.2. The Labute approximate surface area is 152 Å². The molecule has 2 aliphatic heterocycles. The molecule has 0 spiro atoms. The van der Waals surface area contributed by atoms with Gasteiger partial charge < -0.3 is 24.0 Å². The van der Waals surface area contributed by atoms with E-state index in [1.807, 2.05) is 0 Å². The Morgan fingerprint density at radius 3 is 1.48 bits per heavy atom. The monoisotopic (exact) mass is 348 g/mol. The van der Waals surface area contributed by atoms with Crippen LogP contribution < -0.4 is 0 Å². The number of rotatable bonds is 10. The molecule has 0 bridgehead atoms. The zero-order valence-corrected chi connectivity index (χ0v) is 15.2. The fourth-order valence-electron chi connectivity index (χ4n) is 2.56. The maximum Gasteiger partial charge on any atom is 0.0651 e. The van der Waals surface area contributed by atoms with Gasteiger partial charge in [0, 0.05) is 26.2 Å². The van der Waals surface area contributed by atoms with Gasteiger partial charge >= 0.3 is 0 Å². The Morgan fingerprint density at radius 2 is 1.04 bits per heavy atom. The van der Waals surface area contributed by atoms with Gasteiger partial charge in [-0.25, -0.2) is 0 Å². The zero-order chi connectivity index (χ0) is 17.4. The first-order chi connectivity index (χ1) is 12.4. The van der Waals surface area contributed by atoms with Crippen molar-refractivity contribution in [1.29, 1.82) is 0 Å². The third-order valence-corrected chi connectivity index (χ3v) is 4.03. The van der Waals surface area contributed by atoms with E-state index in [4.69, 9.17) is 14.2 Å². The predicted octanol–water partition coefficient (Wildman–Crippen LogP) is 2.59. The van der Waals surface area contributed by atoms with Gasteiger partial charge in [0.2, 0.25) is 0 Å². The molecule has 2 saturated heterocycles. The normalized spacial score (nSPS) is 20.0. The third kappa shape index (κ3) is 10.1. The van der Waals surface area contributed by atoms with Gasteiger partial charge in [0.1, 0.15) is 0 Å². The standard InChI is InChI=1S/C20H32N2O3/c1(5-9-21-11-17-24-18-12-21)3-7-15-23-16-8-4-2-6-10-22-13-19-25-20-14-22/h3-10H,1-2,11-20H2. The molecule has 0 atom stereocenters. The molecule has 5 nitrogen and oxygen atoms in total. The van der Waals surface area contributed by atoms with Crippen molar-refractivity contribution in [3.63, 3.8) is 0 Å². The summed E-state index contributed by atoms with van der Waals surface area (Å²) in [5.74, 6) is 0. The van der Waals surface area contributed by atoms with Gasteiger partial charge in [0.15, 0.2) is 0 Å². The van der Waals surface area contributed by atoms with Gasteiger partial charge in [-0.15, -0.1) is 0 Å². The van der Waals surface area contributed by atoms with E-state index >= 15 is 0 Å². The number of hydrogen-bond donors (Lipinski definition) is 0. The molecule has 0 aromatic rings. The maximum absolute atomic E-state index is 5.55. The molecule has 5 heteroatoms. The molecule has 0 aromatic carbocycles. The van der Waals surface area contributed by atoms with Crippen LogP contribution in [-0.4, -0.2) is 75.6 Å². The van der Waals surface area contributed by atoms with E-state index in [2.05, 4.69) is 58.7 Å². The number of hydrogen-bond acceptors (Lipinski definition) is 5. The lowest BCUT2D eigenvalue weighted by atomic mass is 10.3. The molecule has 0 aliphatic carbocycles. The summed E-state index contributed by atoms with van der Waals surface area (Å²) >= 11 is 0. The van der Waals surface area contributed by atoms with Crippen LogP contribution in [0.25, 0.3) is 0 Å². The molecule has 0 saturated carbocycles. The van der Waals surface area contributed by atoms with Gasteiger partial charge in [-0.1, -0.05) is 36.5 Å². The molecule has 25 heavy (non-hydrogen) atoms. The number of morpholine rings is 2. The fraction of sp³-hybridized carbons (Fsp3) is 0.600. The summed E-state index contributed by atoms with van der Waals surface area (Å²) in [6.07, 6.45) is 19.0. The summed E-state index contributed by atoms with van der Waals surface area (Å²) in [5.41, 5.74) is 0. The molecule has 2 rings (SSSR count). The quantitative estimate of drug-likeness (QED) is 0.448. The van der Waals surface area contributed by atoms with E-state index in [1.54, 1.807) is 0 Å². The van der Waals surface area contributed by atoms with E-state index in [0.717, 1.165) is 65.4 Å². The Hall–Kier alpha value is -1.56. The molecule has 140 valence electrons. The van der Waals surface area contributed by atoms with Gasteiger partial charge in [0.05, 0.1) is 39.6 Å². The van der Waals surface area contributed by atoms with Crippen LogP contribution in [0.4, 0.5) is 0 Å². The SMILES string of the molecule is C(=CCOCC=CCC=CN1CCOCC1)CC=CN1CCOCC1. The van der Waals surface area contributed by atoms with E-state index in [1.165, 1.54) is 0 Å². The number of ether oxygens (including phenoxy) is 3. The lowest BCUT2D eigenvalue weighted by Crippen LogP contribution is -2.31. The average Bonchev–Trinajstić information content (AvgIpc) is 2.67. The predicted molar refractivity (Wildman–Crippen MR) is 101 cm³/mol. The minimum absolute atomic E-state index is 0.666. The van der Waals surface area contributed by atoms with E-state index in [0.29, 0.717) is 13.2 Å². The smallest absolute Gasteiger partial charge is 0.0651 e. The van der Waals surface area contributed by atoms with Crippen molar-refractivity contribution >= 4 is 0 Å². The van der Waals surface area contributed by atoms with Crippen molar-refractivity contribution < 1.29 is 14.2 Å². The average molecular weight is 348 g/mol. The Kier molecular flexibility index (Phi) is 10.8. The van der Waals surface area contributed by atoms with Crippen LogP contribution in [0.2, 0.25) is 0 Å². The highest BCUT2D eigenvalue weighted by atomic mass is 16.5. The highest BCUT2D eigenvalue weighted by Gasteiger charge is 2.04. The molecule has 0 radical (unpaired) electrons. The number of nitrogens with zero attached hydrogens (tertiary/aromatic N) is 2. The van der Waals surface area contributed by atoms with E-state index < -0.39 is 0 Å². The first-order valence-electron chi connectivity index (χ1n) is 9.30. The minimum Gasteiger partial charge on any atom is -0.378 e. The first kappa shape index (κ1) is 19.8. The van der Waals surface area contributed by atoms with Crippen molar-refractivity contribution in [3.05, 3.63) is 48.9 Å². The summed E-state index contributed by atoms with van der Waals surface area (Å²) in [7, 11) is 0. The topological polar surface area (TPSA) is 34.2 Å². The first-order valence-corrected chi connectivity index (χ1v) is 9.30. The molecule has 2 aliphatic rings. The molecule has 2 fully saturated rings. The molecule has 0 amide bonds. The molecule has 0 N–H and O–H groups in total.